The zero-order valence-electron chi connectivity index (χ0n) is 9.98. The number of carboxylic acids is 4. The van der Waals surface area contributed by atoms with Gasteiger partial charge in [-0.25, -0.2) is 19.2 Å². The lowest BCUT2D eigenvalue weighted by molar-refractivity contribution is 0.0627. The number of fused-ring (bicyclic) bond motifs is 1. The molecule has 0 saturated carbocycles. The highest BCUT2D eigenvalue weighted by Gasteiger charge is 2.31. The molecular weight excluding hydrogens is 288 g/mol. The molecule has 1 aromatic heterocycles. The van der Waals surface area contributed by atoms with E-state index in [1.165, 1.54) is 0 Å². The van der Waals surface area contributed by atoms with E-state index in [1.54, 1.807) is 0 Å². The van der Waals surface area contributed by atoms with Crippen molar-refractivity contribution in [2.45, 2.75) is 0 Å². The molecule has 0 bridgehead atoms. The van der Waals surface area contributed by atoms with Crippen LogP contribution in [0.1, 0.15) is 41.6 Å². The SMILES string of the molecule is O=C(O)c1ccc2oc(C(=O)O)c(C(=O)O)c2c1C(=O)O. The smallest absolute Gasteiger partial charge is 0.372 e. The first-order valence-electron chi connectivity index (χ1n) is 5.28. The third-order valence-electron chi connectivity index (χ3n) is 2.71. The van der Waals surface area contributed by atoms with Crippen molar-refractivity contribution in [2.24, 2.45) is 0 Å². The van der Waals surface area contributed by atoms with Crippen molar-refractivity contribution in [3.05, 3.63) is 34.6 Å². The standard InChI is InChI=1S/C12H6O9/c13-9(14)3-1-2-4-6(5(3)10(15)16)7(11(17)18)8(21-4)12(19)20/h1-2H,(H,13,14)(H,15,16)(H,17,18)(H,19,20). The lowest BCUT2D eigenvalue weighted by Crippen LogP contribution is -2.11. The van der Waals surface area contributed by atoms with E-state index in [9.17, 15) is 19.2 Å². The average Bonchev–Trinajstić information content (AvgIpc) is 2.76. The van der Waals surface area contributed by atoms with Gasteiger partial charge in [-0.15, -0.1) is 0 Å². The van der Waals surface area contributed by atoms with Crippen molar-refractivity contribution in [1.29, 1.82) is 0 Å². The zero-order chi connectivity index (χ0) is 15.9. The molecule has 2 rings (SSSR count). The second kappa shape index (κ2) is 4.63. The summed E-state index contributed by atoms with van der Waals surface area (Å²) in [5.41, 5.74) is -2.76. The Labute approximate surface area is 114 Å². The molecule has 0 aliphatic heterocycles. The molecule has 2 aromatic rings. The fourth-order valence-electron chi connectivity index (χ4n) is 1.95. The molecule has 0 fully saturated rings. The van der Waals surface area contributed by atoms with E-state index in [4.69, 9.17) is 24.8 Å². The van der Waals surface area contributed by atoms with Gasteiger partial charge in [-0.05, 0) is 12.1 Å². The van der Waals surface area contributed by atoms with Gasteiger partial charge in [0.05, 0.1) is 16.5 Å². The van der Waals surface area contributed by atoms with E-state index in [0.29, 0.717) is 0 Å². The van der Waals surface area contributed by atoms with Crippen molar-refractivity contribution in [2.75, 3.05) is 0 Å². The summed E-state index contributed by atoms with van der Waals surface area (Å²) in [7, 11) is 0. The number of carboxylic acid groups (broad SMARTS) is 4. The van der Waals surface area contributed by atoms with Crippen LogP contribution in [0, 0.1) is 0 Å². The van der Waals surface area contributed by atoms with Crippen molar-refractivity contribution in [3.8, 4) is 0 Å². The quantitative estimate of drug-likeness (QED) is 0.649. The Kier molecular flexibility index (Phi) is 3.10. The minimum atomic E-state index is -1.74. The first kappa shape index (κ1) is 14.1. The maximum atomic E-state index is 11.2. The number of carbonyl (C=O) groups is 4. The topological polar surface area (TPSA) is 162 Å². The van der Waals surface area contributed by atoms with Crippen LogP contribution < -0.4 is 0 Å². The second-order valence-electron chi connectivity index (χ2n) is 3.89. The maximum Gasteiger partial charge on any atom is 0.372 e. The normalized spacial score (nSPS) is 10.5. The van der Waals surface area contributed by atoms with Crippen LogP contribution in [-0.4, -0.2) is 44.3 Å². The van der Waals surface area contributed by atoms with Crippen molar-refractivity contribution >= 4 is 34.8 Å². The van der Waals surface area contributed by atoms with Gasteiger partial charge in [0, 0.05) is 0 Å². The predicted octanol–water partition coefficient (Wildman–Crippen LogP) is 1.23. The predicted molar refractivity (Wildman–Crippen MR) is 64.1 cm³/mol. The summed E-state index contributed by atoms with van der Waals surface area (Å²) in [6.45, 7) is 0. The summed E-state index contributed by atoms with van der Waals surface area (Å²) < 4.78 is 4.81. The molecule has 0 radical (unpaired) electrons. The van der Waals surface area contributed by atoms with Crippen LogP contribution in [0.25, 0.3) is 11.0 Å². The highest BCUT2D eigenvalue weighted by atomic mass is 16.4. The first-order chi connectivity index (χ1) is 9.75. The molecule has 0 saturated heterocycles. The van der Waals surface area contributed by atoms with Crippen LogP contribution in [0.15, 0.2) is 16.5 Å². The first-order valence-corrected chi connectivity index (χ1v) is 5.28. The van der Waals surface area contributed by atoms with Crippen LogP contribution in [-0.2, 0) is 0 Å². The van der Waals surface area contributed by atoms with Gasteiger partial charge in [-0.1, -0.05) is 0 Å². The molecule has 0 aliphatic carbocycles. The van der Waals surface area contributed by atoms with Crippen LogP contribution >= 0.6 is 0 Å². The molecule has 0 aliphatic rings. The Balaban J connectivity index is 3.07. The average molecular weight is 294 g/mol. The van der Waals surface area contributed by atoms with Gasteiger partial charge in [0.1, 0.15) is 11.1 Å². The van der Waals surface area contributed by atoms with Gasteiger partial charge in [-0.3, -0.25) is 0 Å². The van der Waals surface area contributed by atoms with Gasteiger partial charge in [0.15, 0.2) is 0 Å². The molecule has 1 aromatic carbocycles. The van der Waals surface area contributed by atoms with E-state index >= 15 is 0 Å². The summed E-state index contributed by atoms with van der Waals surface area (Å²) in [6, 6.07) is 1.90. The third kappa shape index (κ3) is 2.06. The number of hydrogen-bond acceptors (Lipinski definition) is 5. The van der Waals surface area contributed by atoms with E-state index < -0.39 is 51.7 Å². The molecule has 108 valence electrons. The molecule has 0 unspecified atom stereocenters. The molecule has 9 nitrogen and oxygen atoms in total. The summed E-state index contributed by atoms with van der Waals surface area (Å²) in [6.07, 6.45) is 0. The third-order valence-corrected chi connectivity index (χ3v) is 2.71. The van der Waals surface area contributed by atoms with E-state index in [0.717, 1.165) is 12.1 Å². The van der Waals surface area contributed by atoms with Crippen molar-refractivity contribution in [3.63, 3.8) is 0 Å². The zero-order valence-corrected chi connectivity index (χ0v) is 9.98. The molecule has 0 spiro atoms. The number of furan rings is 1. The van der Waals surface area contributed by atoms with Crippen LogP contribution in [0.2, 0.25) is 0 Å². The fraction of sp³-hybridized carbons (Fsp3) is 0. The van der Waals surface area contributed by atoms with Crippen LogP contribution in [0.5, 0.6) is 0 Å². The number of aromatic carboxylic acids is 4. The van der Waals surface area contributed by atoms with Gasteiger partial charge in [0.25, 0.3) is 0 Å². The molecular formula is C12H6O9. The van der Waals surface area contributed by atoms with Crippen molar-refractivity contribution < 1.29 is 44.0 Å². The molecule has 0 atom stereocenters. The van der Waals surface area contributed by atoms with E-state index in [2.05, 4.69) is 0 Å². The summed E-state index contributed by atoms with van der Waals surface area (Å²) >= 11 is 0. The Morgan fingerprint density at radius 1 is 0.762 bits per heavy atom. The molecule has 9 heteroatoms. The Hall–Kier alpha value is -3.36. The summed E-state index contributed by atoms with van der Waals surface area (Å²) in [5, 5.41) is 35.5. The largest absolute Gasteiger partial charge is 0.478 e. The Morgan fingerprint density at radius 2 is 1.33 bits per heavy atom. The Bertz CT molecular complexity index is 800. The van der Waals surface area contributed by atoms with E-state index in [1.807, 2.05) is 0 Å². The fourth-order valence-corrected chi connectivity index (χ4v) is 1.95. The summed E-state index contributed by atoms with van der Waals surface area (Å²) in [5.74, 6) is -7.72. The van der Waals surface area contributed by atoms with E-state index in [-0.39, 0.29) is 5.58 Å². The molecule has 0 amide bonds. The minimum absolute atomic E-state index is 0.341. The Morgan fingerprint density at radius 3 is 1.76 bits per heavy atom. The minimum Gasteiger partial charge on any atom is -0.478 e. The van der Waals surface area contributed by atoms with Crippen LogP contribution in [0.3, 0.4) is 0 Å². The van der Waals surface area contributed by atoms with Crippen LogP contribution in [0.4, 0.5) is 0 Å². The monoisotopic (exact) mass is 294 g/mol. The molecule has 4 N–H and O–H groups in total. The lowest BCUT2D eigenvalue weighted by Gasteiger charge is -2.03. The van der Waals surface area contributed by atoms with Gasteiger partial charge >= 0.3 is 23.9 Å². The molecule has 1 heterocycles. The molecule has 21 heavy (non-hydrogen) atoms. The van der Waals surface area contributed by atoms with Gasteiger partial charge in [-0.2, -0.15) is 0 Å². The highest BCUT2D eigenvalue weighted by molar-refractivity contribution is 6.19. The number of hydrogen-bond donors (Lipinski definition) is 4. The van der Waals surface area contributed by atoms with Gasteiger partial charge < -0.3 is 24.8 Å². The highest BCUT2D eigenvalue weighted by Crippen LogP contribution is 2.31. The lowest BCUT2D eigenvalue weighted by atomic mass is 9.99. The number of benzene rings is 1. The maximum absolute atomic E-state index is 11.2. The second-order valence-corrected chi connectivity index (χ2v) is 3.89. The van der Waals surface area contributed by atoms with Gasteiger partial charge in [0.2, 0.25) is 5.76 Å². The van der Waals surface area contributed by atoms with Crippen molar-refractivity contribution in [1.82, 2.24) is 0 Å². The number of rotatable bonds is 4. The summed E-state index contributed by atoms with van der Waals surface area (Å²) in [4.78, 5) is 44.5.